The minimum Gasteiger partial charge on any atom is -0.398 e. The lowest BCUT2D eigenvalue weighted by Crippen LogP contribution is -2.43. The molecule has 1 unspecified atom stereocenters. The SMILES string of the molecule is CCN(C(C)CN(C)C)S(=O)(=O)c1cc(C)cc(N)c1C. The number of aryl methyl sites for hydroxylation is 1. The Bertz CT molecular complexity index is 597. The lowest BCUT2D eigenvalue weighted by atomic mass is 10.1. The third kappa shape index (κ3) is 3.96. The van der Waals surface area contributed by atoms with Gasteiger partial charge in [-0.15, -0.1) is 0 Å². The summed E-state index contributed by atoms with van der Waals surface area (Å²) in [5.41, 5.74) is 7.92. The van der Waals surface area contributed by atoms with Gasteiger partial charge in [0.2, 0.25) is 10.0 Å². The van der Waals surface area contributed by atoms with E-state index in [1.807, 2.05) is 39.8 Å². The monoisotopic (exact) mass is 313 g/mol. The molecule has 1 aromatic rings. The Hall–Kier alpha value is -1.11. The van der Waals surface area contributed by atoms with Gasteiger partial charge in [0.25, 0.3) is 0 Å². The molecule has 0 amide bonds. The van der Waals surface area contributed by atoms with Crippen LogP contribution in [0.5, 0.6) is 0 Å². The van der Waals surface area contributed by atoms with Gasteiger partial charge in [0, 0.05) is 24.8 Å². The first kappa shape index (κ1) is 17.9. The van der Waals surface area contributed by atoms with E-state index >= 15 is 0 Å². The number of nitrogens with zero attached hydrogens (tertiary/aromatic N) is 2. The van der Waals surface area contributed by atoms with E-state index in [2.05, 4.69) is 0 Å². The highest BCUT2D eigenvalue weighted by molar-refractivity contribution is 7.89. The van der Waals surface area contributed by atoms with Crippen LogP contribution >= 0.6 is 0 Å². The van der Waals surface area contributed by atoms with Crippen LogP contribution in [0, 0.1) is 13.8 Å². The van der Waals surface area contributed by atoms with Crippen LogP contribution in [0.2, 0.25) is 0 Å². The highest BCUT2D eigenvalue weighted by Gasteiger charge is 2.29. The second kappa shape index (κ2) is 6.77. The Kier molecular flexibility index (Phi) is 5.78. The van der Waals surface area contributed by atoms with Crippen LogP contribution in [-0.4, -0.2) is 50.8 Å². The zero-order chi connectivity index (χ0) is 16.4. The van der Waals surface area contributed by atoms with Gasteiger partial charge in [0.15, 0.2) is 0 Å². The summed E-state index contributed by atoms with van der Waals surface area (Å²) in [5, 5.41) is 0. The first-order chi connectivity index (χ1) is 9.61. The summed E-state index contributed by atoms with van der Waals surface area (Å²) in [7, 11) is 0.330. The number of benzene rings is 1. The first-order valence-corrected chi connectivity index (χ1v) is 8.58. The number of nitrogen functional groups attached to an aromatic ring is 1. The van der Waals surface area contributed by atoms with Crippen molar-refractivity contribution in [2.45, 2.75) is 38.6 Å². The van der Waals surface area contributed by atoms with Crippen LogP contribution in [0.4, 0.5) is 5.69 Å². The number of rotatable bonds is 6. The van der Waals surface area contributed by atoms with Crippen LogP contribution in [-0.2, 0) is 10.0 Å². The summed E-state index contributed by atoms with van der Waals surface area (Å²) in [5.74, 6) is 0. The standard InChI is InChI=1S/C15H27N3O2S/c1-7-18(12(3)10-17(5)6)21(19,20)15-9-11(2)8-14(16)13(15)4/h8-9,12H,7,10,16H2,1-6H3. The number of sulfonamides is 1. The van der Waals surface area contributed by atoms with Gasteiger partial charge in [-0.3, -0.25) is 0 Å². The second-order valence-electron chi connectivity index (χ2n) is 5.80. The maximum atomic E-state index is 13.0. The van der Waals surface area contributed by atoms with E-state index in [1.54, 1.807) is 19.1 Å². The van der Waals surface area contributed by atoms with Crippen molar-refractivity contribution >= 4 is 15.7 Å². The Balaban J connectivity index is 3.32. The molecule has 5 nitrogen and oxygen atoms in total. The number of likely N-dealkylation sites (N-methyl/N-ethyl adjacent to an activating group) is 2. The van der Waals surface area contributed by atoms with Crippen molar-refractivity contribution in [2.24, 2.45) is 0 Å². The number of hydrogen-bond acceptors (Lipinski definition) is 4. The number of hydrogen-bond donors (Lipinski definition) is 1. The molecule has 0 spiro atoms. The largest absolute Gasteiger partial charge is 0.398 e. The van der Waals surface area contributed by atoms with E-state index < -0.39 is 10.0 Å². The van der Waals surface area contributed by atoms with Gasteiger partial charge in [-0.25, -0.2) is 8.42 Å². The predicted molar refractivity (Wildman–Crippen MR) is 87.9 cm³/mol. The molecule has 0 aliphatic rings. The molecule has 0 heterocycles. The molecule has 1 rings (SSSR count). The zero-order valence-electron chi connectivity index (χ0n) is 13.8. The molecular weight excluding hydrogens is 286 g/mol. The number of anilines is 1. The maximum absolute atomic E-state index is 13.0. The predicted octanol–water partition coefficient (Wildman–Crippen LogP) is 1.85. The molecule has 0 radical (unpaired) electrons. The van der Waals surface area contributed by atoms with E-state index in [-0.39, 0.29) is 6.04 Å². The molecule has 0 aromatic heterocycles. The minimum absolute atomic E-state index is 0.101. The van der Waals surface area contributed by atoms with Gasteiger partial charge in [-0.1, -0.05) is 6.92 Å². The third-order valence-electron chi connectivity index (χ3n) is 3.56. The molecule has 0 aliphatic heterocycles. The molecule has 2 N–H and O–H groups in total. The minimum atomic E-state index is -3.54. The van der Waals surface area contributed by atoms with E-state index in [0.717, 1.165) is 5.56 Å². The lowest BCUT2D eigenvalue weighted by Gasteiger charge is -2.30. The lowest BCUT2D eigenvalue weighted by molar-refractivity contribution is 0.271. The molecule has 0 fully saturated rings. The molecule has 0 saturated carbocycles. The first-order valence-electron chi connectivity index (χ1n) is 7.14. The van der Waals surface area contributed by atoms with Gasteiger partial charge in [-0.2, -0.15) is 4.31 Å². The van der Waals surface area contributed by atoms with Crippen molar-refractivity contribution in [3.8, 4) is 0 Å². The topological polar surface area (TPSA) is 66.6 Å². The van der Waals surface area contributed by atoms with Crippen LogP contribution in [0.15, 0.2) is 17.0 Å². The Labute approximate surface area is 128 Å². The van der Waals surface area contributed by atoms with E-state index in [0.29, 0.717) is 29.2 Å². The fourth-order valence-corrected chi connectivity index (χ4v) is 4.56. The van der Waals surface area contributed by atoms with Crippen molar-refractivity contribution in [1.29, 1.82) is 0 Å². The molecule has 0 aliphatic carbocycles. The normalized spacial score (nSPS) is 13.9. The van der Waals surface area contributed by atoms with Crippen LogP contribution in [0.25, 0.3) is 0 Å². The molecule has 21 heavy (non-hydrogen) atoms. The summed E-state index contributed by atoms with van der Waals surface area (Å²) < 4.78 is 27.5. The quantitative estimate of drug-likeness (QED) is 0.814. The summed E-state index contributed by atoms with van der Waals surface area (Å²) >= 11 is 0. The fourth-order valence-electron chi connectivity index (χ4n) is 2.58. The van der Waals surface area contributed by atoms with Crippen molar-refractivity contribution in [2.75, 3.05) is 32.9 Å². The van der Waals surface area contributed by atoms with Crippen molar-refractivity contribution in [1.82, 2.24) is 9.21 Å². The maximum Gasteiger partial charge on any atom is 0.243 e. The average molecular weight is 313 g/mol. The van der Waals surface area contributed by atoms with E-state index in [1.165, 1.54) is 4.31 Å². The van der Waals surface area contributed by atoms with Crippen molar-refractivity contribution < 1.29 is 8.42 Å². The van der Waals surface area contributed by atoms with Crippen LogP contribution in [0.3, 0.4) is 0 Å². The fraction of sp³-hybridized carbons (Fsp3) is 0.600. The van der Waals surface area contributed by atoms with Gasteiger partial charge in [0.1, 0.15) is 0 Å². The molecule has 1 atom stereocenters. The molecule has 1 aromatic carbocycles. The summed E-state index contributed by atoms with van der Waals surface area (Å²) in [6.45, 7) is 8.51. The Morgan fingerprint density at radius 3 is 2.29 bits per heavy atom. The van der Waals surface area contributed by atoms with Crippen molar-refractivity contribution in [3.05, 3.63) is 23.3 Å². The number of nitrogens with two attached hydrogens (primary N) is 1. The Morgan fingerprint density at radius 2 is 1.81 bits per heavy atom. The van der Waals surface area contributed by atoms with E-state index in [9.17, 15) is 8.42 Å². The molecular formula is C15H27N3O2S. The second-order valence-corrected chi connectivity index (χ2v) is 7.66. The van der Waals surface area contributed by atoms with Crippen LogP contribution in [0.1, 0.15) is 25.0 Å². The summed E-state index contributed by atoms with van der Waals surface area (Å²) in [6, 6.07) is 3.40. The van der Waals surface area contributed by atoms with Gasteiger partial charge >= 0.3 is 0 Å². The van der Waals surface area contributed by atoms with E-state index in [4.69, 9.17) is 5.73 Å². The zero-order valence-corrected chi connectivity index (χ0v) is 14.7. The summed E-state index contributed by atoms with van der Waals surface area (Å²) in [4.78, 5) is 2.30. The van der Waals surface area contributed by atoms with Crippen molar-refractivity contribution in [3.63, 3.8) is 0 Å². The molecule has 0 bridgehead atoms. The summed E-state index contributed by atoms with van der Waals surface area (Å²) in [6.07, 6.45) is 0. The average Bonchev–Trinajstić information content (AvgIpc) is 2.32. The third-order valence-corrected chi connectivity index (χ3v) is 5.78. The van der Waals surface area contributed by atoms with Gasteiger partial charge in [0.05, 0.1) is 4.90 Å². The van der Waals surface area contributed by atoms with Gasteiger partial charge < -0.3 is 10.6 Å². The smallest absolute Gasteiger partial charge is 0.243 e. The van der Waals surface area contributed by atoms with Gasteiger partial charge in [-0.05, 0) is 58.1 Å². The highest BCUT2D eigenvalue weighted by Crippen LogP contribution is 2.27. The highest BCUT2D eigenvalue weighted by atomic mass is 32.2. The molecule has 6 heteroatoms. The van der Waals surface area contributed by atoms with Crippen LogP contribution < -0.4 is 5.73 Å². The molecule has 0 saturated heterocycles. The molecule has 120 valence electrons. The Morgan fingerprint density at radius 1 is 1.24 bits per heavy atom.